The number of rotatable bonds is 4. The molecule has 5 nitrogen and oxygen atoms in total. The van der Waals surface area contributed by atoms with Crippen LogP contribution in [0, 0.1) is 0 Å². The van der Waals surface area contributed by atoms with Crippen LogP contribution in [0.3, 0.4) is 0 Å². The lowest BCUT2D eigenvalue weighted by molar-refractivity contribution is 0.0526. The lowest BCUT2D eigenvalue weighted by Crippen LogP contribution is -2.04. The van der Waals surface area contributed by atoms with E-state index in [0.717, 1.165) is 5.56 Å². The van der Waals surface area contributed by atoms with Gasteiger partial charge >= 0.3 is 5.97 Å². The highest BCUT2D eigenvalue weighted by Gasteiger charge is 2.09. The summed E-state index contributed by atoms with van der Waals surface area (Å²) in [5.74, 6) is -0.363. The summed E-state index contributed by atoms with van der Waals surface area (Å²) in [6.07, 6.45) is 4.81. The molecule has 0 spiro atoms. The molecule has 0 saturated carbocycles. The third-order valence-corrected chi connectivity index (χ3v) is 2.50. The van der Waals surface area contributed by atoms with E-state index in [9.17, 15) is 4.79 Å². The van der Waals surface area contributed by atoms with E-state index in [1.54, 1.807) is 30.1 Å². The maximum atomic E-state index is 11.4. The number of esters is 1. The van der Waals surface area contributed by atoms with Crippen LogP contribution in [-0.2, 0) is 11.3 Å². The van der Waals surface area contributed by atoms with E-state index in [0.29, 0.717) is 23.9 Å². The molecule has 0 bridgehead atoms. The van der Waals surface area contributed by atoms with Crippen LogP contribution in [0.5, 0.6) is 0 Å². The van der Waals surface area contributed by atoms with Crippen LogP contribution in [-0.4, -0.2) is 27.3 Å². The van der Waals surface area contributed by atoms with Gasteiger partial charge in [-0.25, -0.2) is 9.78 Å². The Morgan fingerprint density at radius 1 is 1.44 bits per heavy atom. The Morgan fingerprint density at radius 3 is 2.94 bits per heavy atom. The molecule has 0 saturated heterocycles. The monoisotopic (exact) mass is 265 g/mol. The largest absolute Gasteiger partial charge is 0.462 e. The second kappa shape index (κ2) is 5.64. The highest BCUT2D eigenvalue weighted by Crippen LogP contribution is 2.08. The van der Waals surface area contributed by atoms with Crippen LogP contribution in [0.4, 0.5) is 0 Å². The Balaban J connectivity index is 2.06. The Labute approximate surface area is 109 Å². The maximum Gasteiger partial charge on any atom is 0.341 e. The van der Waals surface area contributed by atoms with Crippen molar-refractivity contribution in [3.05, 3.63) is 47.0 Å². The molecular formula is C12H12ClN3O2. The summed E-state index contributed by atoms with van der Waals surface area (Å²) in [6.45, 7) is 2.65. The minimum Gasteiger partial charge on any atom is -0.462 e. The fraction of sp³-hybridized carbons (Fsp3) is 0.250. The van der Waals surface area contributed by atoms with Crippen molar-refractivity contribution >= 4 is 17.6 Å². The van der Waals surface area contributed by atoms with Gasteiger partial charge in [-0.15, -0.1) is 0 Å². The Morgan fingerprint density at radius 2 is 2.28 bits per heavy atom. The molecule has 0 aromatic carbocycles. The molecule has 0 aliphatic heterocycles. The van der Waals surface area contributed by atoms with Crippen molar-refractivity contribution in [2.24, 2.45) is 0 Å². The van der Waals surface area contributed by atoms with E-state index in [-0.39, 0.29) is 5.97 Å². The summed E-state index contributed by atoms with van der Waals surface area (Å²) in [5, 5.41) is 4.54. The van der Waals surface area contributed by atoms with E-state index in [1.807, 2.05) is 6.07 Å². The lowest BCUT2D eigenvalue weighted by atomic mass is 10.3. The summed E-state index contributed by atoms with van der Waals surface area (Å²) in [6, 6.07) is 3.58. The smallest absolute Gasteiger partial charge is 0.341 e. The van der Waals surface area contributed by atoms with E-state index in [2.05, 4.69) is 10.1 Å². The second-order valence-corrected chi connectivity index (χ2v) is 4.02. The quantitative estimate of drug-likeness (QED) is 0.628. The molecule has 0 N–H and O–H groups in total. The molecule has 0 amide bonds. The number of pyridine rings is 1. The van der Waals surface area contributed by atoms with Crippen molar-refractivity contribution in [1.82, 2.24) is 14.8 Å². The van der Waals surface area contributed by atoms with Gasteiger partial charge in [-0.2, -0.15) is 5.10 Å². The van der Waals surface area contributed by atoms with Gasteiger partial charge in [0.05, 0.1) is 24.9 Å². The fourth-order valence-electron chi connectivity index (χ4n) is 1.46. The molecule has 0 unspecified atom stereocenters. The first kappa shape index (κ1) is 12.6. The summed E-state index contributed by atoms with van der Waals surface area (Å²) >= 11 is 5.70. The Hall–Kier alpha value is -1.88. The maximum absolute atomic E-state index is 11.4. The zero-order valence-corrected chi connectivity index (χ0v) is 10.6. The van der Waals surface area contributed by atoms with E-state index < -0.39 is 0 Å². The van der Waals surface area contributed by atoms with E-state index >= 15 is 0 Å². The third-order valence-electron chi connectivity index (χ3n) is 2.28. The summed E-state index contributed by atoms with van der Waals surface area (Å²) < 4.78 is 6.54. The van der Waals surface area contributed by atoms with Crippen molar-refractivity contribution in [3.63, 3.8) is 0 Å². The number of ether oxygens (including phenoxy) is 1. The molecule has 6 heteroatoms. The van der Waals surface area contributed by atoms with Crippen molar-refractivity contribution in [2.75, 3.05) is 6.61 Å². The number of nitrogens with zero attached hydrogens (tertiary/aromatic N) is 3. The van der Waals surface area contributed by atoms with Crippen LogP contribution in [0.15, 0.2) is 30.7 Å². The molecule has 2 aromatic rings. The van der Waals surface area contributed by atoms with Gasteiger partial charge in [-0.05, 0) is 18.6 Å². The van der Waals surface area contributed by atoms with E-state index in [1.165, 1.54) is 6.20 Å². The molecule has 0 radical (unpaired) electrons. The standard InChI is InChI=1S/C12H12ClN3O2/c1-2-18-12(17)10-6-15-16(8-10)7-9-3-4-11(13)14-5-9/h3-6,8H,2,7H2,1H3. The predicted octanol–water partition coefficient (Wildman–Crippen LogP) is 2.16. The number of halogens is 1. The number of hydrogen-bond acceptors (Lipinski definition) is 4. The molecule has 94 valence electrons. The third kappa shape index (κ3) is 3.07. The molecule has 0 fully saturated rings. The van der Waals surface area contributed by atoms with Gasteiger partial charge in [0.1, 0.15) is 5.15 Å². The summed E-state index contributed by atoms with van der Waals surface area (Å²) in [5.41, 5.74) is 1.40. The molecule has 2 rings (SSSR count). The summed E-state index contributed by atoms with van der Waals surface area (Å²) in [7, 11) is 0. The molecule has 0 aliphatic rings. The van der Waals surface area contributed by atoms with Crippen LogP contribution in [0.1, 0.15) is 22.8 Å². The van der Waals surface area contributed by atoms with Gasteiger partial charge in [0, 0.05) is 12.4 Å². The number of carbonyl (C=O) groups excluding carboxylic acids is 1. The highest BCUT2D eigenvalue weighted by molar-refractivity contribution is 6.29. The van der Waals surface area contributed by atoms with Crippen molar-refractivity contribution in [3.8, 4) is 0 Å². The molecule has 2 heterocycles. The number of aromatic nitrogens is 3. The van der Waals surface area contributed by atoms with Gasteiger partial charge in [-0.3, -0.25) is 4.68 Å². The average Bonchev–Trinajstić information content (AvgIpc) is 2.81. The van der Waals surface area contributed by atoms with Gasteiger partial charge in [0.25, 0.3) is 0 Å². The Kier molecular flexibility index (Phi) is 3.94. The average molecular weight is 266 g/mol. The fourth-order valence-corrected chi connectivity index (χ4v) is 1.57. The zero-order chi connectivity index (χ0) is 13.0. The first-order valence-electron chi connectivity index (χ1n) is 5.49. The highest BCUT2D eigenvalue weighted by atomic mass is 35.5. The van der Waals surface area contributed by atoms with Crippen molar-refractivity contribution < 1.29 is 9.53 Å². The minimum absolute atomic E-state index is 0.352. The Bertz CT molecular complexity index is 537. The second-order valence-electron chi connectivity index (χ2n) is 3.64. The number of hydrogen-bond donors (Lipinski definition) is 0. The van der Waals surface area contributed by atoms with Gasteiger partial charge in [0.15, 0.2) is 0 Å². The van der Waals surface area contributed by atoms with Crippen molar-refractivity contribution in [1.29, 1.82) is 0 Å². The van der Waals surface area contributed by atoms with Gasteiger partial charge in [0.2, 0.25) is 0 Å². The van der Waals surface area contributed by atoms with Crippen LogP contribution < -0.4 is 0 Å². The van der Waals surface area contributed by atoms with Gasteiger partial charge < -0.3 is 4.74 Å². The topological polar surface area (TPSA) is 57.0 Å². The van der Waals surface area contributed by atoms with E-state index in [4.69, 9.17) is 16.3 Å². The molecule has 0 atom stereocenters. The SMILES string of the molecule is CCOC(=O)c1cnn(Cc2ccc(Cl)nc2)c1. The van der Waals surface area contributed by atoms with Gasteiger partial charge in [-0.1, -0.05) is 17.7 Å². The van der Waals surface area contributed by atoms with Crippen LogP contribution >= 0.6 is 11.6 Å². The van der Waals surface area contributed by atoms with Crippen LogP contribution in [0.2, 0.25) is 5.15 Å². The first-order valence-corrected chi connectivity index (χ1v) is 5.87. The first-order chi connectivity index (χ1) is 8.69. The predicted molar refractivity (Wildman–Crippen MR) is 66.5 cm³/mol. The molecule has 2 aromatic heterocycles. The van der Waals surface area contributed by atoms with Crippen LogP contribution in [0.25, 0.3) is 0 Å². The lowest BCUT2D eigenvalue weighted by Gasteiger charge is -2.01. The normalized spacial score (nSPS) is 10.3. The summed E-state index contributed by atoms with van der Waals surface area (Å²) in [4.78, 5) is 15.4. The minimum atomic E-state index is -0.363. The number of carbonyl (C=O) groups is 1. The molecule has 0 aliphatic carbocycles. The zero-order valence-electron chi connectivity index (χ0n) is 9.84. The molecular weight excluding hydrogens is 254 g/mol. The molecule has 18 heavy (non-hydrogen) atoms. The van der Waals surface area contributed by atoms with Crippen molar-refractivity contribution in [2.45, 2.75) is 13.5 Å².